The summed E-state index contributed by atoms with van der Waals surface area (Å²) in [4.78, 5) is 10.1. The first kappa shape index (κ1) is 18.5. The molecule has 0 saturated heterocycles. The van der Waals surface area contributed by atoms with E-state index in [-0.39, 0.29) is 30.4 Å². The van der Waals surface area contributed by atoms with E-state index >= 15 is 0 Å². The van der Waals surface area contributed by atoms with Crippen molar-refractivity contribution in [3.63, 3.8) is 0 Å². The van der Waals surface area contributed by atoms with Gasteiger partial charge in [0.15, 0.2) is 0 Å². The molecule has 0 aliphatic heterocycles. The molecular formula is C19H20F3NO3. The van der Waals surface area contributed by atoms with Crippen LogP contribution in [0.25, 0.3) is 10.8 Å². The molecule has 0 unspecified atom stereocenters. The molecule has 0 heterocycles. The summed E-state index contributed by atoms with van der Waals surface area (Å²) in [6, 6.07) is 11.2. The fraction of sp³-hybridized carbons (Fsp3) is 0.474. The highest BCUT2D eigenvalue weighted by molar-refractivity contribution is 5.84. The Kier molecular flexibility index (Phi) is 5.34. The zero-order valence-corrected chi connectivity index (χ0v) is 14.2. The van der Waals surface area contributed by atoms with Crippen LogP contribution in [0.3, 0.4) is 0 Å². The van der Waals surface area contributed by atoms with Crippen LogP contribution in [0.15, 0.2) is 36.4 Å². The minimum absolute atomic E-state index is 0.104. The molecule has 7 heteroatoms. The second-order valence-corrected chi connectivity index (χ2v) is 6.78. The van der Waals surface area contributed by atoms with Gasteiger partial charge in [0.2, 0.25) is 6.54 Å². The lowest BCUT2D eigenvalue weighted by atomic mass is 9.87. The van der Waals surface area contributed by atoms with Gasteiger partial charge >= 0.3 is 6.18 Å². The normalized spacial score (nSPS) is 20.9. The first-order chi connectivity index (χ1) is 12.3. The quantitative estimate of drug-likeness (QED) is 0.542. The van der Waals surface area contributed by atoms with Gasteiger partial charge in [-0.2, -0.15) is 13.2 Å². The maximum atomic E-state index is 12.7. The van der Waals surface area contributed by atoms with Crippen LogP contribution in [0, 0.1) is 16.0 Å². The highest BCUT2D eigenvalue weighted by atomic mass is 19.4. The van der Waals surface area contributed by atoms with E-state index in [1.807, 2.05) is 30.3 Å². The molecule has 4 nitrogen and oxygen atoms in total. The molecule has 2 aromatic rings. The first-order valence-corrected chi connectivity index (χ1v) is 8.69. The van der Waals surface area contributed by atoms with Crippen LogP contribution in [0.2, 0.25) is 0 Å². The van der Waals surface area contributed by atoms with Crippen molar-refractivity contribution in [2.24, 2.45) is 5.92 Å². The van der Waals surface area contributed by atoms with E-state index in [0.717, 1.165) is 16.3 Å². The molecule has 0 N–H and O–H groups in total. The first-order valence-electron chi connectivity index (χ1n) is 8.69. The smallest absolute Gasteiger partial charge is 0.391 e. The Morgan fingerprint density at radius 1 is 1.04 bits per heavy atom. The Morgan fingerprint density at radius 2 is 1.69 bits per heavy atom. The van der Waals surface area contributed by atoms with Gasteiger partial charge in [-0.05, 0) is 54.2 Å². The Labute approximate surface area is 149 Å². The second kappa shape index (κ2) is 7.51. The van der Waals surface area contributed by atoms with Crippen LogP contribution in [0.1, 0.15) is 31.2 Å². The molecule has 3 rings (SSSR count). The summed E-state index contributed by atoms with van der Waals surface area (Å²) in [6.07, 6.45) is -2.89. The molecule has 140 valence electrons. The highest BCUT2D eigenvalue weighted by Gasteiger charge is 2.41. The average molecular weight is 367 g/mol. The van der Waals surface area contributed by atoms with E-state index in [0.29, 0.717) is 25.0 Å². The lowest BCUT2D eigenvalue weighted by molar-refractivity contribution is -0.479. The number of benzene rings is 2. The van der Waals surface area contributed by atoms with Crippen molar-refractivity contribution in [1.82, 2.24) is 0 Å². The van der Waals surface area contributed by atoms with Gasteiger partial charge in [0.1, 0.15) is 5.75 Å². The summed E-state index contributed by atoms with van der Waals surface area (Å²) in [5, 5.41) is 12.4. The number of fused-ring (bicyclic) bond motifs is 1. The topological polar surface area (TPSA) is 52.4 Å². The van der Waals surface area contributed by atoms with E-state index in [4.69, 9.17) is 4.74 Å². The Hall–Kier alpha value is -2.31. The monoisotopic (exact) mass is 367 g/mol. The van der Waals surface area contributed by atoms with Crippen molar-refractivity contribution in [2.75, 3.05) is 6.54 Å². The van der Waals surface area contributed by atoms with Crippen molar-refractivity contribution < 1.29 is 22.8 Å². The van der Waals surface area contributed by atoms with Crippen molar-refractivity contribution in [1.29, 1.82) is 0 Å². The van der Waals surface area contributed by atoms with Crippen LogP contribution >= 0.6 is 0 Å². The number of nitrogens with zero attached hydrogens (tertiary/aromatic N) is 1. The molecule has 0 bridgehead atoms. The number of ether oxygens (including phenoxy) is 1. The maximum Gasteiger partial charge on any atom is 0.391 e. The minimum atomic E-state index is -4.11. The lowest BCUT2D eigenvalue weighted by Crippen LogP contribution is -2.31. The molecule has 0 spiro atoms. The third-order valence-corrected chi connectivity index (χ3v) is 4.90. The molecule has 2 aromatic carbocycles. The van der Waals surface area contributed by atoms with Gasteiger partial charge in [-0.25, -0.2) is 0 Å². The number of rotatable bonds is 5. The Bertz CT molecular complexity index is 783. The zero-order valence-electron chi connectivity index (χ0n) is 14.2. The van der Waals surface area contributed by atoms with Gasteiger partial charge < -0.3 is 4.74 Å². The van der Waals surface area contributed by atoms with Gasteiger partial charge in [-0.3, -0.25) is 10.1 Å². The number of halogens is 3. The molecule has 0 amide bonds. The number of nitro groups is 1. The Morgan fingerprint density at radius 3 is 2.35 bits per heavy atom. The standard InChI is InChI=1S/C19H20F3NO3/c20-19(21,22)16-4-7-17(8-5-16)26-18-6-3-14-11-13(9-10-23(24)25)1-2-15(14)12-18/h1-3,6,11-12,16-17H,4-5,7-10H2. The van der Waals surface area contributed by atoms with Crippen molar-refractivity contribution >= 4 is 10.8 Å². The van der Waals surface area contributed by atoms with Crippen LogP contribution in [-0.4, -0.2) is 23.7 Å². The van der Waals surface area contributed by atoms with Crippen LogP contribution < -0.4 is 4.74 Å². The summed E-state index contributed by atoms with van der Waals surface area (Å²) >= 11 is 0. The number of alkyl halides is 3. The van der Waals surface area contributed by atoms with E-state index in [1.165, 1.54) is 0 Å². The maximum absolute atomic E-state index is 12.7. The fourth-order valence-corrected chi connectivity index (χ4v) is 3.42. The summed E-state index contributed by atoms with van der Waals surface area (Å²) in [5.41, 5.74) is 0.897. The van der Waals surface area contributed by atoms with Gasteiger partial charge in [-0.1, -0.05) is 24.3 Å². The predicted octanol–water partition coefficient (Wildman–Crippen LogP) is 5.16. The molecule has 0 radical (unpaired) electrons. The summed E-state index contributed by atoms with van der Waals surface area (Å²) in [7, 11) is 0. The van der Waals surface area contributed by atoms with Gasteiger partial charge in [0.25, 0.3) is 0 Å². The van der Waals surface area contributed by atoms with Gasteiger partial charge in [-0.15, -0.1) is 0 Å². The number of hydrogen-bond acceptors (Lipinski definition) is 3. The van der Waals surface area contributed by atoms with E-state index in [9.17, 15) is 23.3 Å². The minimum Gasteiger partial charge on any atom is -0.490 e. The van der Waals surface area contributed by atoms with Gasteiger partial charge in [0, 0.05) is 11.3 Å². The summed E-state index contributed by atoms with van der Waals surface area (Å²) < 4.78 is 44.0. The molecular weight excluding hydrogens is 347 g/mol. The SMILES string of the molecule is O=[N+]([O-])CCc1ccc2cc(OC3CCC(C(F)(F)F)CC3)ccc2c1. The molecule has 1 aliphatic rings. The zero-order chi connectivity index (χ0) is 18.7. The number of hydrogen-bond donors (Lipinski definition) is 0. The second-order valence-electron chi connectivity index (χ2n) is 6.78. The van der Waals surface area contributed by atoms with Crippen molar-refractivity contribution in [3.8, 4) is 5.75 Å². The Balaban J connectivity index is 1.63. The average Bonchev–Trinajstić information content (AvgIpc) is 2.59. The molecule has 26 heavy (non-hydrogen) atoms. The van der Waals surface area contributed by atoms with Crippen LogP contribution in [0.5, 0.6) is 5.75 Å². The largest absolute Gasteiger partial charge is 0.490 e. The predicted molar refractivity (Wildman–Crippen MR) is 91.9 cm³/mol. The summed E-state index contributed by atoms with van der Waals surface area (Å²) in [6.45, 7) is -0.104. The van der Waals surface area contributed by atoms with Gasteiger partial charge in [0.05, 0.1) is 12.0 Å². The molecule has 1 aliphatic carbocycles. The van der Waals surface area contributed by atoms with Crippen LogP contribution in [0.4, 0.5) is 13.2 Å². The van der Waals surface area contributed by atoms with E-state index < -0.39 is 12.1 Å². The van der Waals surface area contributed by atoms with E-state index in [2.05, 4.69) is 0 Å². The van der Waals surface area contributed by atoms with Crippen LogP contribution in [-0.2, 0) is 6.42 Å². The fourth-order valence-electron chi connectivity index (χ4n) is 3.42. The molecule has 0 atom stereocenters. The molecule has 0 aromatic heterocycles. The molecule has 1 saturated carbocycles. The highest BCUT2D eigenvalue weighted by Crippen LogP contribution is 2.38. The third-order valence-electron chi connectivity index (χ3n) is 4.90. The van der Waals surface area contributed by atoms with Crippen molar-refractivity contribution in [3.05, 3.63) is 52.1 Å². The van der Waals surface area contributed by atoms with Crippen molar-refractivity contribution in [2.45, 2.75) is 44.4 Å². The third kappa shape index (κ3) is 4.65. The summed E-state index contributed by atoms with van der Waals surface area (Å²) in [5.74, 6) is -0.567. The van der Waals surface area contributed by atoms with E-state index in [1.54, 1.807) is 6.07 Å². The molecule has 1 fully saturated rings. The lowest BCUT2D eigenvalue weighted by Gasteiger charge is -2.30.